The highest BCUT2D eigenvalue weighted by atomic mass is 16.8. The molecule has 2 saturated heterocycles. The van der Waals surface area contributed by atoms with Crippen molar-refractivity contribution in [2.75, 3.05) is 0 Å². The van der Waals surface area contributed by atoms with Crippen LogP contribution in [-0.2, 0) is 38.1 Å². The molecule has 0 amide bonds. The standard InChI is InChI=1S/C24H26O8/c1-7-15-12-23(17(25)29-21(3,4)30-18(23)26)16(14-10-8-13(2)9-11-14)24(15)19(27)31-22(5,6)32-20(24)28/h7-11,15-16H,1,12H2,2-6H3/t15-,16-/m1/s1. The number of benzene rings is 1. The molecule has 8 nitrogen and oxygen atoms in total. The summed E-state index contributed by atoms with van der Waals surface area (Å²) in [4.78, 5) is 54.0. The van der Waals surface area contributed by atoms with Gasteiger partial charge in [-0.05, 0) is 18.9 Å². The first-order chi connectivity index (χ1) is 14.8. The highest BCUT2D eigenvalue weighted by Crippen LogP contribution is 2.67. The van der Waals surface area contributed by atoms with Gasteiger partial charge >= 0.3 is 23.9 Å². The Labute approximate surface area is 185 Å². The molecule has 0 N–H and O–H groups in total. The third-order valence-electron chi connectivity index (χ3n) is 6.53. The summed E-state index contributed by atoms with van der Waals surface area (Å²) >= 11 is 0. The average molecular weight is 442 g/mol. The molecule has 4 rings (SSSR count). The maximum Gasteiger partial charge on any atom is 0.328 e. The van der Waals surface area contributed by atoms with Crippen LogP contribution in [0.25, 0.3) is 0 Å². The van der Waals surface area contributed by atoms with Crippen molar-refractivity contribution < 1.29 is 38.1 Å². The van der Waals surface area contributed by atoms with E-state index in [1.54, 1.807) is 24.3 Å². The monoisotopic (exact) mass is 442 g/mol. The zero-order chi connectivity index (χ0) is 23.7. The van der Waals surface area contributed by atoms with Crippen molar-refractivity contribution in [3.05, 3.63) is 48.0 Å². The smallest absolute Gasteiger partial charge is 0.328 e. The number of rotatable bonds is 2. The molecule has 32 heavy (non-hydrogen) atoms. The second kappa shape index (κ2) is 6.67. The molecule has 0 radical (unpaired) electrons. The molecular weight excluding hydrogens is 416 g/mol. The lowest BCUT2D eigenvalue weighted by Crippen LogP contribution is -2.61. The number of hydrogen-bond donors (Lipinski definition) is 0. The van der Waals surface area contributed by atoms with Crippen LogP contribution in [0.15, 0.2) is 36.9 Å². The minimum atomic E-state index is -2.01. The van der Waals surface area contributed by atoms with E-state index >= 15 is 0 Å². The Bertz CT molecular complexity index is 993. The molecule has 1 aromatic carbocycles. The topological polar surface area (TPSA) is 105 Å². The third kappa shape index (κ3) is 2.81. The van der Waals surface area contributed by atoms with Crippen molar-refractivity contribution in [3.63, 3.8) is 0 Å². The van der Waals surface area contributed by atoms with Gasteiger partial charge in [0.15, 0.2) is 10.8 Å². The molecule has 0 aromatic heterocycles. The lowest BCUT2D eigenvalue weighted by Gasteiger charge is -2.46. The van der Waals surface area contributed by atoms with E-state index in [0.29, 0.717) is 5.56 Å². The van der Waals surface area contributed by atoms with Gasteiger partial charge < -0.3 is 18.9 Å². The Morgan fingerprint density at radius 1 is 0.812 bits per heavy atom. The molecule has 3 fully saturated rings. The first-order valence-corrected chi connectivity index (χ1v) is 10.4. The van der Waals surface area contributed by atoms with Crippen LogP contribution in [0.3, 0.4) is 0 Å². The van der Waals surface area contributed by atoms with Crippen LogP contribution in [0.4, 0.5) is 0 Å². The minimum absolute atomic E-state index is 0.215. The molecule has 1 aliphatic carbocycles. The highest BCUT2D eigenvalue weighted by molar-refractivity contribution is 6.11. The summed E-state index contributed by atoms with van der Waals surface area (Å²) in [6, 6.07) is 6.89. The maximum atomic E-state index is 13.6. The van der Waals surface area contributed by atoms with Gasteiger partial charge in [-0.15, -0.1) is 6.58 Å². The SMILES string of the molecule is C=C[C@@H]1CC2(C(=O)OC(C)(C)OC2=O)[C@@H](c2ccc(C)cc2)C12C(=O)OC(C)(C)OC2=O. The average Bonchev–Trinajstić information content (AvgIpc) is 2.98. The molecule has 2 heterocycles. The summed E-state index contributed by atoms with van der Waals surface area (Å²) in [6.45, 7) is 11.4. The van der Waals surface area contributed by atoms with Crippen molar-refractivity contribution in [3.8, 4) is 0 Å². The van der Waals surface area contributed by atoms with Crippen LogP contribution < -0.4 is 0 Å². The Morgan fingerprint density at radius 3 is 1.69 bits per heavy atom. The van der Waals surface area contributed by atoms with Crippen LogP contribution in [0.1, 0.15) is 51.2 Å². The molecular formula is C24H26O8. The van der Waals surface area contributed by atoms with Gasteiger partial charge in [0.1, 0.15) is 0 Å². The number of carbonyl (C=O) groups excluding carboxylic acids is 4. The zero-order valence-corrected chi connectivity index (χ0v) is 18.7. The van der Waals surface area contributed by atoms with Crippen molar-refractivity contribution in [2.45, 2.75) is 58.5 Å². The van der Waals surface area contributed by atoms with Crippen molar-refractivity contribution in [1.82, 2.24) is 0 Å². The van der Waals surface area contributed by atoms with E-state index < -0.39 is 58.1 Å². The molecule has 8 heteroatoms. The number of carbonyl (C=O) groups is 4. The molecule has 2 atom stereocenters. The van der Waals surface area contributed by atoms with Crippen LogP contribution in [-0.4, -0.2) is 35.5 Å². The molecule has 2 spiro atoms. The molecule has 0 unspecified atom stereocenters. The minimum Gasteiger partial charge on any atom is -0.422 e. The Hall–Kier alpha value is -3.16. The van der Waals surface area contributed by atoms with E-state index in [0.717, 1.165) is 5.56 Å². The van der Waals surface area contributed by atoms with Crippen LogP contribution in [0.5, 0.6) is 0 Å². The molecule has 1 saturated carbocycles. The highest BCUT2D eigenvalue weighted by Gasteiger charge is 2.79. The lowest BCUT2D eigenvalue weighted by atomic mass is 9.63. The van der Waals surface area contributed by atoms with Crippen molar-refractivity contribution in [1.29, 1.82) is 0 Å². The Morgan fingerprint density at radius 2 is 1.25 bits per heavy atom. The maximum absolute atomic E-state index is 13.6. The largest absolute Gasteiger partial charge is 0.422 e. The number of ether oxygens (including phenoxy) is 4. The number of cyclic esters (lactones) is 4. The molecule has 0 bridgehead atoms. The first-order valence-electron chi connectivity index (χ1n) is 10.4. The van der Waals surface area contributed by atoms with Gasteiger partial charge in [0.05, 0.1) is 0 Å². The molecule has 170 valence electrons. The number of esters is 4. The Kier molecular flexibility index (Phi) is 4.59. The van der Waals surface area contributed by atoms with Crippen LogP contribution in [0, 0.1) is 23.7 Å². The fraction of sp³-hybridized carbons (Fsp3) is 0.500. The van der Waals surface area contributed by atoms with E-state index in [1.165, 1.54) is 33.8 Å². The van der Waals surface area contributed by atoms with Crippen molar-refractivity contribution in [2.24, 2.45) is 16.7 Å². The van der Waals surface area contributed by atoms with E-state index in [-0.39, 0.29) is 6.42 Å². The second-order valence-corrected chi connectivity index (χ2v) is 9.59. The quantitative estimate of drug-likeness (QED) is 0.391. The van der Waals surface area contributed by atoms with Crippen LogP contribution in [0.2, 0.25) is 0 Å². The van der Waals surface area contributed by atoms with Gasteiger partial charge in [0, 0.05) is 39.5 Å². The first kappa shape index (κ1) is 22.0. The van der Waals surface area contributed by atoms with E-state index in [9.17, 15) is 19.2 Å². The number of hydrogen-bond acceptors (Lipinski definition) is 8. The number of allylic oxidation sites excluding steroid dienone is 1. The predicted octanol–water partition coefficient (Wildman–Crippen LogP) is 2.93. The van der Waals surface area contributed by atoms with E-state index in [2.05, 4.69) is 6.58 Å². The fourth-order valence-electron chi connectivity index (χ4n) is 5.20. The Balaban J connectivity index is 2.01. The summed E-state index contributed by atoms with van der Waals surface area (Å²) in [6.07, 6.45) is 1.17. The van der Waals surface area contributed by atoms with Gasteiger partial charge in [-0.2, -0.15) is 0 Å². The van der Waals surface area contributed by atoms with Gasteiger partial charge in [0.25, 0.3) is 11.6 Å². The second-order valence-electron chi connectivity index (χ2n) is 9.59. The summed E-state index contributed by atoms with van der Waals surface area (Å²) in [5.74, 6) is -8.66. The van der Waals surface area contributed by atoms with Gasteiger partial charge in [0.2, 0.25) is 0 Å². The zero-order valence-electron chi connectivity index (χ0n) is 18.7. The lowest BCUT2D eigenvalue weighted by molar-refractivity contribution is -0.259. The fourth-order valence-corrected chi connectivity index (χ4v) is 5.20. The molecule has 1 aromatic rings. The van der Waals surface area contributed by atoms with Gasteiger partial charge in [-0.3, -0.25) is 19.2 Å². The summed E-state index contributed by atoms with van der Waals surface area (Å²) in [5, 5.41) is 0. The number of aryl methyl sites for hydroxylation is 1. The predicted molar refractivity (Wildman–Crippen MR) is 110 cm³/mol. The van der Waals surface area contributed by atoms with Gasteiger partial charge in [-0.1, -0.05) is 35.9 Å². The van der Waals surface area contributed by atoms with Crippen molar-refractivity contribution >= 4 is 23.9 Å². The summed E-state index contributed by atoms with van der Waals surface area (Å²) in [7, 11) is 0. The summed E-state index contributed by atoms with van der Waals surface area (Å²) < 4.78 is 22.0. The summed E-state index contributed by atoms with van der Waals surface area (Å²) in [5.41, 5.74) is -2.63. The molecule has 3 aliphatic rings. The van der Waals surface area contributed by atoms with Gasteiger partial charge in [-0.25, -0.2) is 0 Å². The molecule has 2 aliphatic heterocycles. The van der Waals surface area contributed by atoms with Crippen LogP contribution >= 0.6 is 0 Å². The van der Waals surface area contributed by atoms with E-state index in [4.69, 9.17) is 18.9 Å². The van der Waals surface area contributed by atoms with E-state index in [1.807, 2.05) is 6.92 Å². The normalized spacial score (nSPS) is 29.2. The third-order valence-corrected chi connectivity index (χ3v) is 6.53.